The van der Waals surface area contributed by atoms with Crippen LogP contribution < -0.4 is 0 Å². The van der Waals surface area contributed by atoms with E-state index in [1.54, 1.807) is 19.2 Å². The molecule has 0 unspecified atom stereocenters. The Morgan fingerprint density at radius 3 is 2.90 bits per heavy atom. The van der Waals surface area contributed by atoms with Crippen LogP contribution in [0.25, 0.3) is 0 Å². The van der Waals surface area contributed by atoms with E-state index in [2.05, 4.69) is 4.90 Å². The lowest BCUT2D eigenvalue weighted by Crippen LogP contribution is -2.51. The Morgan fingerprint density at radius 1 is 1.52 bits per heavy atom. The maximum atomic E-state index is 13.8. The number of hydrogen-bond donors (Lipinski definition) is 1. The lowest BCUT2D eigenvalue weighted by molar-refractivity contribution is -0.0828. The summed E-state index contributed by atoms with van der Waals surface area (Å²) in [4.78, 5) is 2.18. The number of hydrogen-bond acceptors (Lipinski definition) is 3. The summed E-state index contributed by atoms with van der Waals surface area (Å²) in [5.74, 6) is -0.132. The molecule has 1 heterocycles. The smallest absolute Gasteiger partial charge is 0.129 e. The zero-order valence-electron chi connectivity index (χ0n) is 12.6. The standard InChI is InChI=1S/C16H23ClFNO2/c1-12-10-19(7-5-16(12,20)6-8-21-2)11-13-3-4-14(17)9-15(13)18/h3-4,9,12,20H,5-8,10-11H2,1-2H3/t12-,16-/m0/s1. The summed E-state index contributed by atoms with van der Waals surface area (Å²) in [6.45, 7) is 4.66. The van der Waals surface area contributed by atoms with Crippen molar-refractivity contribution in [2.24, 2.45) is 5.92 Å². The molecule has 1 aromatic rings. The van der Waals surface area contributed by atoms with Crippen LogP contribution in [-0.4, -0.2) is 42.4 Å². The first-order valence-electron chi connectivity index (χ1n) is 7.32. The largest absolute Gasteiger partial charge is 0.389 e. The van der Waals surface area contributed by atoms with E-state index in [0.717, 1.165) is 13.1 Å². The molecule has 0 bridgehead atoms. The van der Waals surface area contributed by atoms with Gasteiger partial charge >= 0.3 is 0 Å². The fourth-order valence-electron chi connectivity index (χ4n) is 2.93. The van der Waals surface area contributed by atoms with E-state index in [9.17, 15) is 9.50 Å². The molecule has 3 nitrogen and oxygen atoms in total. The quantitative estimate of drug-likeness (QED) is 0.906. The molecule has 2 atom stereocenters. The van der Waals surface area contributed by atoms with E-state index >= 15 is 0 Å². The van der Waals surface area contributed by atoms with E-state index in [0.29, 0.717) is 36.6 Å². The lowest BCUT2D eigenvalue weighted by atomic mass is 9.80. The number of aliphatic hydroxyl groups is 1. The van der Waals surface area contributed by atoms with Gasteiger partial charge in [0.05, 0.1) is 5.60 Å². The summed E-state index contributed by atoms with van der Waals surface area (Å²) in [5, 5.41) is 11.1. The van der Waals surface area contributed by atoms with E-state index in [1.165, 1.54) is 6.07 Å². The van der Waals surface area contributed by atoms with Crippen LogP contribution in [0, 0.1) is 11.7 Å². The molecule has 0 aromatic heterocycles. The minimum atomic E-state index is -0.676. The third-order valence-electron chi connectivity index (χ3n) is 4.46. The fraction of sp³-hybridized carbons (Fsp3) is 0.625. The van der Waals surface area contributed by atoms with Crippen LogP contribution in [0.4, 0.5) is 4.39 Å². The van der Waals surface area contributed by atoms with Gasteiger partial charge in [0.2, 0.25) is 0 Å². The number of methoxy groups -OCH3 is 1. The van der Waals surface area contributed by atoms with Crippen LogP contribution in [0.1, 0.15) is 25.3 Å². The van der Waals surface area contributed by atoms with Crippen molar-refractivity contribution in [1.82, 2.24) is 4.90 Å². The summed E-state index contributed by atoms with van der Waals surface area (Å²) in [6, 6.07) is 4.79. The number of rotatable bonds is 5. The average molecular weight is 316 g/mol. The maximum absolute atomic E-state index is 13.8. The highest BCUT2D eigenvalue weighted by atomic mass is 35.5. The SMILES string of the molecule is COCC[C@@]1(O)CCN(Cc2ccc(Cl)cc2F)C[C@@H]1C. The summed E-state index contributed by atoms with van der Waals surface area (Å²) in [6.07, 6.45) is 1.33. The first-order chi connectivity index (χ1) is 9.94. The van der Waals surface area contributed by atoms with Crippen LogP contribution in [0.5, 0.6) is 0 Å². The van der Waals surface area contributed by atoms with Crippen LogP contribution >= 0.6 is 11.6 Å². The highest BCUT2D eigenvalue weighted by molar-refractivity contribution is 6.30. The van der Waals surface area contributed by atoms with Crippen molar-refractivity contribution in [3.63, 3.8) is 0 Å². The Labute approximate surface area is 130 Å². The molecule has 1 fully saturated rings. The summed E-state index contributed by atoms with van der Waals surface area (Å²) in [5.41, 5.74) is -0.0284. The van der Waals surface area contributed by atoms with Crippen LogP contribution in [0.2, 0.25) is 5.02 Å². The second-order valence-corrected chi connectivity index (χ2v) is 6.40. The number of benzene rings is 1. The number of piperidine rings is 1. The van der Waals surface area contributed by atoms with E-state index in [4.69, 9.17) is 16.3 Å². The molecule has 0 amide bonds. The minimum Gasteiger partial charge on any atom is -0.389 e. The number of halogens is 2. The van der Waals surface area contributed by atoms with Crippen molar-refractivity contribution in [3.05, 3.63) is 34.6 Å². The lowest BCUT2D eigenvalue weighted by Gasteiger charge is -2.43. The first kappa shape index (κ1) is 16.7. The summed E-state index contributed by atoms with van der Waals surface area (Å²) in [7, 11) is 1.65. The molecule has 1 aliphatic rings. The zero-order valence-corrected chi connectivity index (χ0v) is 13.4. The molecule has 0 spiro atoms. The van der Waals surface area contributed by atoms with Crippen molar-refractivity contribution in [3.8, 4) is 0 Å². The van der Waals surface area contributed by atoms with E-state index < -0.39 is 5.60 Å². The molecule has 0 radical (unpaired) electrons. The Balaban J connectivity index is 1.96. The van der Waals surface area contributed by atoms with Crippen molar-refractivity contribution >= 4 is 11.6 Å². The van der Waals surface area contributed by atoms with Gasteiger partial charge < -0.3 is 9.84 Å². The Kier molecular flexibility index (Phi) is 5.60. The molecule has 0 aliphatic carbocycles. The van der Waals surface area contributed by atoms with Crippen molar-refractivity contribution in [2.45, 2.75) is 31.9 Å². The molecule has 1 saturated heterocycles. The average Bonchev–Trinajstić information content (AvgIpc) is 2.44. The molecule has 118 valence electrons. The molecule has 5 heteroatoms. The van der Waals surface area contributed by atoms with Gasteiger partial charge in [-0.15, -0.1) is 0 Å². The van der Waals surface area contributed by atoms with Gasteiger partial charge in [-0.2, -0.15) is 0 Å². The van der Waals surface area contributed by atoms with Gasteiger partial charge in [0, 0.05) is 43.9 Å². The van der Waals surface area contributed by atoms with Crippen molar-refractivity contribution in [2.75, 3.05) is 26.8 Å². The van der Waals surface area contributed by atoms with Gasteiger partial charge in [0.25, 0.3) is 0 Å². The second kappa shape index (κ2) is 7.05. The van der Waals surface area contributed by atoms with Gasteiger partial charge in [0.15, 0.2) is 0 Å². The second-order valence-electron chi connectivity index (χ2n) is 5.97. The van der Waals surface area contributed by atoms with Gasteiger partial charge in [0.1, 0.15) is 5.82 Å². The van der Waals surface area contributed by atoms with Gasteiger partial charge in [-0.25, -0.2) is 4.39 Å². The van der Waals surface area contributed by atoms with E-state index in [-0.39, 0.29) is 11.7 Å². The van der Waals surface area contributed by atoms with Crippen molar-refractivity contribution in [1.29, 1.82) is 0 Å². The number of nitrogens with zero attached hydrogens (tertiary/aromatic N) is 1. The van der Waals surface area contributed by atoms with E-state index in [1.807, 2.05) is 6.92 Å². The molecule has 0 saturated carbocycles. The van der Waals surface area contributed by atoms with Crippen LogP contribution in [-0.2, 0) is 11.3 Å². The molecular formula is C16H23ClFNO2. The normalized spacial score (nSPS) is 27.0. The third kappa shape index (κ3) is 4.16. The predicted molar refractivity (Wildman–Crippen MR) is 81.9 cm³/mol. The number of ether oxygens (including phenoxy) is 1. The summed E-state index contributed by atoms with van der Waals surface area (Å²) < 4.78 is 18.9. The molecule has 21 heavy (non-hydrogen) atoms. The topological polar surface area (TPSA) is 32.7 Å². The van der Waals surface area contributed by atoms with Crippen LogP contribution in [0.15, 0.2) is 18.2 Å². The van der Waals surface area contributed by atoms with Crippen LogP contribution in [0.3, 0.4) is 0 Å². The highest BCUT2D eigenvalue weighted by Crippen LogP contribution is 2.31. The maximum Gasteiger partial charge on any atom is 0.129 e. The molecular weight excluding hydrogens is 293 g/mol. The monoisotopic (exact) mass is 315 g/mol. The zero-order chi connectivity index (χ0) is 15.5. The number of likely N-dealkylation sites (tertiary alicyclic amines) is 1. The highest BCUT2D eigenvalue weighted by Gasteiger charge is 2.38. The Hall–Kier alpha value is -0.680. The first-order valence-corrected chi connectivity index (χ1v) is 7.70. The molecule has 2 rings (SSSR count). The molecule has 1 N–H and O–H groups in total. The Bertz CT molecular complexity index is 485. The molecule has 1 aliphatic heterocycles. The minimum absolute atomic E-state index is 0.136. The van der Waals surface area contributed by atoms with Gasteiger partial charge in [-0.1, -0.05) is 24.6 Å². The Morgan fingerprint density at radius 2 is 2.29 bits per heavy atom. The molecule has 1 aromatic carbocycles. The summed E-state index contributed by atoms with van der Waals surface area (Å²) >= 11 is 5.77. The van der Waals surface area contributed by atoms with Gasteiger partial charge in [-0.3, -0.25) is 4.90 Å². The third-order valence-corrected chi connectivity index (χ3v) is 4.69. The van der Waals surface area contributed by atoms with Crippen molar-refractivity contribution < 1.29 is 14.2 Å². The predicted octanol–water partition coefficient (Wildman–Crippen LogP) is 3.09. The fourth-order valence-corrected chi connectivity index (χ4v) is 3.09. The van der Waals surface area contributed by atoms with Gasteiger partial charge in [-0.05, 0) is 30.9 Å².